The van der Waals surface area contributed by atoms with Crippen LogP contribution < -0.4 is 5.32 Å². The molecule has 4 rings (SSSR count). The minimum Gasteiger partial charge on any atom is -0.340 e. The van der Waals surface area contributed by atoms with Gasteiger partial charge in [-0.1, -0.05) is 57.9 Å². The van der Waals surface area contributed by atoms with Gasteiger partial charge >= 0.3 is 0 Å². The Morgan fingerprint density at radius 2 is 1.79 bits per heavy atom. The highest BCUT2D eigenvalue weighted by molar-refractivity contribution is 5.79. The number of benzene rings is 2. The number of amides is 1. The van der Waals surface area contributed by atoms with Crippen LogP contribution in [0.1, 0.15) is 51.4 Å². The quantitative estimate of drug-likeness (QED) is 0.420. The van der Waals surface area contributed by atoms with Crippen LogP contribution in [0.3, 0.4) is 0 Å². The maximum absolute atomic E-state index is 13.4. The average Bonchev–Trinajstić information content (AvgIpc) is 3.18. The fourth-order valence-electron chi connectivity index (χ4n) is 4.29. The van der Waals surface area contributed by atoms with Crippen molar-refractivity contribution >= 4 is 17.4 Å². The van der Waals surface area contributed by atoms with Crippen molar-refractivity contribution in [3.63, 3.8) is 0 Å². The van der Waals surface area contributed by atoms with E-state index in [0.29, 0.717) is 19.6 Å². The third-order valence-electron chi connectivity index (χ3n) is 6.18. The second kappa shape index (κ2) is 10.2. The van der Waals surface area contributed by atoms with Crippen molar-refractivity contribution in [3.05, 3.63) is 65.7 Å². The van der Waals surface area contributed by atoms with Gasteiger partial charge in [-0.3, -0.25) is 4.79 Å². The summed E-state index contributed by atoms with van der Waals surface area (Å²) < 4.78 is 15.6. The average molecular weight is 449 g/mol. The van der Waals surface area contributed by atoms with Gasteiger partial charge < -0.3 is 14.8 Å². The summed E-state index contributed by atoms with van der Waals surface area (Å²) in [6.07, 6.45) is 4.74. The Kier molecular flexibility index (Phi) is 7.11. The lowest BCUT2D eigenvalue weighted by molar-refractivity contribution is -0.136. The van der Waals surface area contributed by atoms with Gasteiger partial charge in [-0.2, -0.15) is 0 Å². The van der Waals surface area contributed by atoms with Gasteiger partial charge in [-0.05, 0) is 42.7 Å². The molecule has 1 N–H and O–H groups in total. The van der Waals surface area contributed by atoms with Crippen molar-refractivity contribution in [2.45, 2.75) is 59.5 Å². The van der Waals surface area contributed by atoms with Crippen LogP contribution in [0.25, 0.3) is 11.3 Å². The molecule has 0 saturated carbocycles. The highest BCUT2D eigenvalue weighted by atomic mass is 19.1. The maximum Gasteiger partial charge on any atom is 0.225 e. The highest BCUT2D eigenvalue weighted by Gasteiger charge is 2.27. The smallest absolute Gasteiger partial charge is 0.225 e. The lowest BCUT2D eigenvalue weighted by atomic mass is 10.0. The summed E-state index contributed by atoms with van der Waals surface area (Å²) >= 11 is 0. The third kappa shape index (κ3) is 5.27. The van der Waals surface area contributed by atoms with Gasteiger partial charge in [0.15, 0.2) is 0 Å². The number of carbonyl (C=O) groups excluding carboxylic acids is 1. The zero-order valence-corrected chi connectivity index (χ0v) is 19.8. The number of imidazole rings is 1. The van der Waals surface area contributed by atoms with Crippen LogP contribution in [0.5, 0.6) is 0 Å². The Morgan fingerprint density at radius 3 is 2.45 bits per heavy atom. The normalized spacial score (nSPS) is 13.3. The summed E-state index contributed by atoms with van der Waals surface area (Å²) in [6, 6.07) is 15.0. The van der Waals surface area contributed by atoms with E-state index in [9.17, 15) is 9.18 Å². The summed E-state index contributed by atoms with van der Waals surface area (Å²) in [4.78, 5) is 19.4. The monoisotopic (exact) mass is 448 g/mol. The molecule has 2 aromatic carbocycles. The highest BCUT2D eigenvalue weighted by Crippen LogP contribution is 2.33. The van der Waals surface area contributed by atoms with E-state index in [1.54, 1.807) is 12.1 Å². The van der Waals surface area contributed by atoms with E-state index in [0.717, 1.165) is 35.0 Å². The molecule has 0 saturated heterocycles. The number of unbranched alkanes of at least 4 members (excludes halogenated alkanes) is 2. The molecule has 5 nitrogen and oxygen atoms in total. The molecule has 0 spiro atoms. The number of nitrogens with zero attached hydrogens (tertiary/aromatic N) is 3. The first kappa shape index (κ1) is 23.0. The summed E-state index contributed by atoms with van der Waals surface area (Å²) in [6.45, 7) is 7.88. The lowest BCUT2D eigenvalue weighted by Crippen LogP contribution is -2.40. The Labute approximate surface area is 195 Å². The molecule has 174 valence electrons. The molecule has 0 bridgehead atoms. The van der Waals surface area contributed by atoms with E-state index in [1.165, 1.54) is 37.0 Å². The molecule has 1 aliphatic rings. The zero-order valence-electron chi connectivity index (χ0n) is 19.8. The van der Waals surface area contributed by atoms with Crippen LogP contribution in [0.15, 0.2) is 48.5 Å². The standard InChI is InChI=1S/C27H33FN4O/c1-4-5-6-7-20-8-10-21(11-9-20)25-26(29-23-14-12-22(28)13-15-23)32-17-16-31(18-24(32)30-25)27(33)19(2)3/h8-15,19,29H,4-7,16-18H2,1-3H3. The number of halogens is 1. The number of rotatable bonds is 8. The maximum atomic E-state index is 13.4. The number of aromatic nitrogens is 2. The number of anilines is 2. The first-order chi connectivity index (χ1) is 16.0. The van der Waals surface area contributed by atoms with Gasteiger partial charge in [-0.15, -0.1) is 0 Å². The van der Waals surface area contributed by atoms with Crippen molar-refractivity contribution in [1.82, 2.24) is 14.5 Å². The third-order valence-corrected chi connectivity index (χ3v) is 6.18. The van der Waals surface area contributed by atoms with Gasteiger partial charge in [0.2, 0.25) is 5.91 Å². The Morgan fingerprint density at radius 1 is 1.06 bits per heavy atom. The van der Waals surface area contributed by atoms with Crippen LogP contribution >= 0.6 is 0 Å². The van der Waals surface area contributed by atoms with Gasteiger partial charge in [0.1, 0.15) is 23.2 Å². The Balaban J connectivity index is 1.66. The van der Waals surface area contributed by atoms with E-state index in [-0.39, 0.29) is 17.6 Å². The van der Waals surface area contributed by atoms with Gasteiger partial charge in [-0.25, -0.2) is 9.37 Å². The second-order valence-corrected chi connectivity index (χ2v) is 9.08. The number of hydrogen-bond acceptors (Lipinski definition) is 3. The first-order valence-corrected chi connectivity index (χ1v) is 12.0. The van der Waals surface area contributed by atoms with Crippen LogP contribution in [0.2, 0.25) is 0 Å². The topological polar surface area (TPSA) is 50.2 Å². The molecule has 0 unspecified atom stereocenters. The van der Waals surface area contributed by atoms with Gasteiger partial charge in [0.05, 0.1) is 6.54 Å². The Bertz CT molecular complexity index is 1090. The van der Waals surface area contributed by atoms with E-state index >= 15 is 0 Å². The Hall–Kier alpha value is -3.15. The van der Waals surface area contributed by atoms with Crippen molar-refractivity contribution in [2.75, 3.05) is 11.9 Å². The van der Waals surface area contributed by atoms with E-state index < -0.39 is 0 Å². The molecule has 1 amide bonds. The fraction of sp³-hybridized carbons (Fsp3) is 0.407. The molecule has 6 heteroatoms. The van der Waals surface area contributed by atoms with E-state index in [4.69, 9.17) is 4.98 Å². The van der Waals surface area contributed by atoms with Crippen molar-refractivity contribution in [1.29, 1.82) is 0 Å². The molecule has 3 aromatic rings. The van der Waals surface area contributed by atoms with Crippen molar-refractivity contribution in [2.24, 2.45) is 5.92 Å². The zero-order chi connectivity index (χ0) is 23.4. The van der Waals surface area contributed by atoms with E-state index in [2.05, 4.69) is 41.1 Å². The predicted octanol–water partition coefficient (Wildman–Crippen LogP) is 6.16. The minimum absolute atomic E-state index is 0.0388. The van der Waals surface area contributed by atoms with Crippen LogP contribution in [-0.2, 0) is 24.3 Å². The van der Waals surface area contributed by atoms with E-state index in [1.807, 2.05) is 18.7 Å². The van der Waals surface area contributed by atoms with Gasteiger partial charge in [0.25, 0.3) is 0 Å². The molecule has 1 aromatic heterocycles. The molecule has 0 atom stereocenters. The predicted molar refractivity (Wildman–Crippen MR) is 131 cm³/mol. The molecular weight excluding hydrogens is 415 g/mol. The fourth-order valence-corrected chi connectivity index (χ4v) is 4.29. The number of hydrogen-bond donors (Lipinski definition) is 1. The molecule has 33 heavy (non-hydrogen) atoms. The summed E-state index contributed by atoms with van der Waals surface area (Å²) in [7, 11) is 0. The molecule has 0 radical (unpaired) electrons. The molecular formula is C27H33FN4O. The number of fused-ring (bicyclic) bond motifs is 1. The van der Waals surface area contributed by atoms with Crippen LogP contribution in [0, 0.1) is 11.7 Å². The van der Waals surface area contributed by atoms with Crippen LogP contribution in [0.4, 0.5) is 15.9 Å². The molecule has 0 aliphatic carbocycles. The summed E-state index contributed by atoms with van der Waals surface area (Å²) in [5.74, 6) is 1.59. The van der Waals surface area contributed by atoms with Crippen molar-refractivity contribution < 1.29 is 9.18 Å². The summed E-state index contributed by atoms with van der Waals surface area (Å²) in [5, 5.41) is 3.46. The van der Waals surface area contributed by atoms with Gasteiger partial charge in [0, 0.05) is 30.3 Å². The molecule has 1 aliphatic heterocycles. The minimum atomic E-state index is -0.266. The lowest BCUT2D eigenvalue weighted by Gasteiger charge is -2.29. The molecule has 2 heterocycles. The largest absolute Gasteiger partial charge is 0.340 e. The van der Waals surface area contributed by atoms with Crippen molar-refractivity contribution in [3.8, 4) is 11.3 Å². The second-order valence-electron chi connectivity index (χ2n) is 9.08. The molecule has 0 fully saturated rings. The SMILES string of the molecule is CCCCCc1ccc(-c2nc3n(c2Nc2ccc(F)cc2)CCN(C(=O)C(C)C)C3)cc1. The summed E-state index contributed by atoms with van der Waals surface area (Å²) in [5.41, 5.74) is 4.02. The number of aryl methyl sites for hydroxylation is 1. The first-order valence-electron chi connectivity index (χ1n) is 12.0. The number of nitrogens with one attached hydrogen (secondary N) is 1. The van der Waals surface area contributed by atoms with Crippen LogP contribution in [-0.4, -0.2) is 26.9 Å². The number of carbonyl (C=O) groups is 1.